The first-order valence-corrected chi connectivity index (χ1v) is 7.34. The fourth-order valence-corrected chi connectivity index (χ4v) is 2.47. The van der Waals surface area contributed by atoms with Crippen molar-refractivity contribution in [3.8, 4) is 5.75 Å². The quantitative estimate of drug-likeness (QED) is 0.446. The maximum atomic E-state index is 5.24. The van der Waals surface area contributed by atoms with Gasteiger partial charge >= 0.3 is 0 Å². The summed E-state index contributed by atoms with van der Waals surface area (Å²) in [7, 11) is 1.66. The molecule has 7 nitrogen and oxygen atoms in total. The minimum atomic E-state index is 0.583. The second-order valence-electron chi connectivity index (χ2n) is 5.17. The molecule has 0 atom stereocenters. The smallest absolute Gasteiger partial charge is 0.182 e. The molecule has 0 saturated carbocycles. The normalized spacial score (nSPS) is 11.4. The number of rotatable bonds is 4. The molecule has 2 aromatic carbocycles. The van der Waals surface area contributed by atoms with Gasteiger partial charge in [-0.05, 0) is 34.5 Å². The lowest BCUT2D eigenvalue weighted by molar-refractivity contribution is 0.415. The fourth-order valence-electron chi connectivity index (χ4n) is 2.47. The minimum Gasteiger partial charge on any atom is -0.497 e. The lowest BCUT2D eigenvalue weighted by atomic mass is 10.1. The number of hydrazone groups is 1. The van der Waals surface area contributed by atoms with Crippen molar-refractivity contribution in [2.24, 2.45) is 5.10 Å². The van der Waals surface area contributed by atoms with E-state index >= 15 is 0 Å². The first-order valence-electron chi connectivity index (χ1n) is 7.34. The second-order valence-corrected chi connectivity index (χ2v) is 5.17. The molecule has 2 aromatic heterocycles. The van der Waals surface area contributed by atoms with E-state index < -0.39 is 0 Å². The highest BCUT2D eigenvalue weighted by Crippen LogP contribution is 2.21. The number of nitrogens with zero attached hydrogens (tertiary/aromatic N) is 4. The molecule has 0 bridgehead atoms. The molecule has 4 rings (SSSR count). The van der Waals surface area contributed by atoms with Crippen molar-refractivity contribution in [2.45, 2.75) is 0 Å². The Balaban J connectivity index is 1.57. The number of aromatic amines is 1. The van der Waals surface area contributed by atoms with Crippen LogP contribution in [0.3, 0.4) is 0 Å². The number of hydrogen-bond donors (Lipinski definition) is 2. The molecule has 2 heterocycles. The van der Waals surface area contributed by atoms with Crippen molar-refractivity contribution in [1.29, 1.82) is 0 Å². The molecular formula is C17H14N6O. The van der Waals surface area contributed by atoms with Crippen LogP contribution in [0.15, 0.2) is 54.2 Å². The first kappa shape index (κ1) is 14.1. The van der Waals surface area contributed by atoms with Crippen LogP contribution in [-0.2, 0) is 0 Å². The molecule has 0 spiro atoms. The number of H-pyrrole nitrogens is 1. The van der Waals surface area contributed by atoms with Gasteiger partial charge in [0.15, 0.2) is 11.5 Å². The van der Waals surface area contributed by atoms with Gasteiger partial charge in [0.25, 0.3) is 0 Å². The van der Waals surface area contributed by atoms with E-state index in [0.717, 1.165) is 27.6 Å². The molecule has 24 heavy (non-hydrogen) atoms. The summed E-state index contributed by atoms with van der Waals surface area (Å²) in [5, 5.41) is 6.49. The van der Waals surface area contributed by atoms with Gasteiger partial charge in [-0.2, -0.15) is 5.10 Å². The molecule has 0 aliphatic heterocycles. The summed E-state index contributed by atoms with van der Waals surface area (Å²) in [6.07, 6.45) is 4.77. The highest BCUT2D eigenvalue weighted by atomic mass is 16.5. The largest absolute Gasteiger partial charge is 0.497 e. The lowest BCUT2D eigenvalue weighted by Gasteiger charge is -2.03. The molecular weight excluding hydrogens is 304 g/mol. The van der Waals surface area contributed by atoms with Gasteiger partial charge in [0.1, 0.15) is 17.6 Å². The monoisotopic (exact) mass is 318 g/mol. The van der Waals surface area contributed by atoms with Gasteiger partial charge in [-0.15, -0.1) is 0 Å². The molecule has 0 aliphatic rings. The van der Waals surface area contributed by atoms with Crippen LogP contribution in [-0.4, -0.2) is 33.3 Å². The average molecular weight is 318 g/mol. The highest BCUT2D eigenvalue weighted by molar-refractivity contribution is 5.91. The lowest BCUT2D eigenvalue weighted by Crippen LogP contribution is -1.95. The summed E-state index contributed by atoms with van der Waals surface area (Å²) in [6.45, 7) is 0. The Morgan fingerprint density at radius 1 is 1.08 bits per heavy atom. The predicted octanol–water partition coefficient (Wildman–Crippen LogP) is 2.96. The summed E-state index contributed by atoms with van der Waals surface area (Å²) in [5.41, 5.74) is 5.22. The van der Waals surface area contributed by atoms with Crippen molar-refractivity contribution in [3.05, 3.63) is 54.6 Å². The third kappa shape index (κ3) is 2.63. The van der Waals surface area contributed by atoms with Gasteiger partial charge in [0, 0.05) is 0 Å². The van der Waals surface area contributed by atoms with Crippen molar-refractivity contribution in [1.82, 2.24) is 19.9 Å². The van der Waals surface area contributed by atoms with Crippen LogP contribution in [0.2, 0.25) is 0 Å². The van der Waals surface area contributed by atoms with Gasteiger partial charge in [-0.1, -0.05) is 18.2 Å². The third-order valence-corrected chi connectivity index (χ3v) is 3.68. The number of hydrogen-bond acceptors (Lipinski definition) is 6. The minimum absolute atomic E-state index is 0.583. The van der Waals surface area contributed by atoms with Crippen LogP contribution in [0.4, 0.5) is 5.82 Å². The molecule has 2 N–H and O–H groups in total. The van der Waals surface area contributed by atoms with Crippen molar-refractivity contribution < 1.29 is 4.74 Å². The van der Waals surface area contributed by atoms with E-state index in [0.29, 0.717) is 11.5 Å². The van der Waals surface area contributed by atoms with Gasteiger partial charge in [-0.25, -0.2) is 15.0 Å². The molecule has 118 valence electrons. The molecule has 0 amide bonds. The van der Waals surface area contributed by atoms with E-state index in [2.05, 4.69) is 36.5 Å². The van der Waals surface area contributed by atoms with E-state index in [4.69, 9.17) is 4.74 Å². The molecule has 0 saturated heterocycles. The maximum absolute atomic E-state index is 5.24. The summed E-state index contributed by atoms with van der Waals surface area (Å²) in [6, 6.07) is 12.1. The third-order valence-electron chi connectivity index (χ3n) is 3.68. The summed E-state index contributed by atoms with van der Waals surface area (Å²) < 4.78 is 5.24. The molecule has 0 unspecified atom stereocenters. The first-order chi connectivity index (χ1) is 11.8. The zero-order valence-corrected chi connectivity index (χ0v) is 12.9. The maximum Gasteiger partial charge on any atom is 0.182 e. The number of ether oxygens (including phenoxy) is 1. The average Bonchev–Trinajstić information content (AvgIpc) is 3.11. The fraction of sp³-hybridized carbons (Fsp3) is 0.0588. The van der Waals surface area contributed by atoms with Gasteiger partial charge < -0.3 is 9.72 Å². The van der Waals surface area contributed by atoms with Gasteiger partial charge in [0.2, 0.25) is 0 Å². The van der Waals surface area contributed by atoms with Gasteiger partial charge in [-0.3, -0.25) is 5.43 Å². The summed E-state index contributed by atoms with van der Waals surface area (Å²) in [5.74, 6) is 1.43. The van der Waals surface area contributed by atoms with Crippen molar-refractivity contribution >= 4 is 34.0 Å². The van der Waals surface area contributed by atoms with Crippen LogP contribution >= 0.6 is 0 Å². The molecule has 0 aliphatic carbocycles. The number of fused-ring (bicyclic) bond motifs is 2. The number of benzene rings is 2. The Morgan fingerprint density at radius 3 is 2.88 bits per heavy atom. The van der Waals surface area contributed by atoms with Crippen LogP contribution in [0.5, 0.6) is 5.75 Å². The Hall–Kier alpha value is -3.48. The number of nitrogens with one attached hydrogen (secondary N) is 2. The highest BCUT2D eigenvalue weighted by Gasteiger charge is 2.03. The van der Waals surface area contributed by atoms with Crippen LogP contribution in [0.1, 0.15) is 5.56 Å². The molecule has 0 fully saturated rings. The van der Waals surface area contributed by atoms with E-state index in [-0.39, 0.29) is 0 Å². The number of imidazole rings is 1. The predicted molar refractivity (Wildman–Crippen MR) is 93.4 cm³/mol. The Labute approximate surface area is 137 Å². The molecule has 7 heteroatoms. The van der Waals surface area contributed by atoms with Crippen molar-refractivity contribution in [3.63, 3.8) is 0 Å². The van der Waals surface area contributed by atoms with E-state index in [1.165, 1.54) is 6.33 Å². The second kappa shape index (κ2) is 5.96. The van der Waals surface area contributed by atoms with E-state index in [1.807, 2.05) is 30.3 Å². The number of anilines is 1. The zero-order chi connectivity index (χ0) is 16.4. The van der Waals surface area contributed by atoms with Crippen LogP contribution < -0.4 is 10.2 Å². The Bertz CT molecular complexity index is 1040. The Morgan fingerprint density at radius 2 is 1.96 bits per heavy atom. The molecule has 0 radical (unpaired) electrons. The number of methoxy groups -OCH3 is 1. The zero-order valence-electron chi connectivity index (χ0n) is 12.9. The topological polar surface area (TPSA) is 88.1 Å². The van der Waals surface area contributed by atoms with Gasteiger partial charge in [0.05, 0.1) is 19.7 Å². The van der Waals surface area contributed by atoms with Crippen molar-refractivity contribution in [2.75, 3.05) is 12.5 Å². The summed E-state index contributed by atoms with van der Waals surface area (Å²) >= 11 is 0. The van der Waals surface area contributed by atoms with E-state index in [1.54, 1.807) is 19.7 Å². The standard InChI is InChI=1S/C17H14N6O/c1-24-14-5-4-12-6-11(2-3-13(12)7-14)8-22-23-17-15-16(19-9-18-15)20-10-21-17/h2-10H,1H3,(H2,18,19,20,21,23)/b22-8-. The van der Waals surface area contributed by atoms with Crippen LogP contribution in [0, 0.1) is 0 Å². The number of aromatic nitrogens is 4. The van der Waals surface area contributed by atoms with E-state index in [9.17, 15) is 0 Å². The van der Waals surface area contributed by atoms with Crippen LogP contribution in [0.25, 0.3) is 21.9 Å². The molecule has 4 aromatic rings. The Kier molecular flexibility index (Phi) is 3.51. The summed E-state index contributed by atoms with van der Waals surface area (Å²) in [4.78, 5) is 15.3. The SMILES string of the molecule is COc1ccc2cc(/C=N\Nc3ncnc4nc[nH]c34)ccc2c1.